The fraction of sp³-hybridized carbons (Fsp3) is 0.318. The van der Waals surface area contributed by atoms with Crippen molar-refractivity contribution >= 4 is 67.9 Å². The number of benzene rings is 5. The van der Waals surface area contributed by atoms with Gasteiger partial charge in [0.25, 0.3) is 10.1 Å². The molecule has 2 N–H and O–H groups in total. The van der Waals surface area contributed by atoms with E-state index >= 15 is 0 Å². The summed E-state index contributed by atoms with van der Waals surface area (Å²) in [6.07, 6.45) is 4.17. The lowest BCUT2D eigenvalue weighted by atomic mass is 9.91. The van der Waals surface area contributed by atoms with Crippen LogP contribution in [-0.4, -0.2) is 38.7 Å². The maximum Gasteiger partial charge on any atom is 0.265 e. The van der Waals surface area contributed by atoms with Crippen LogP contribution in [0.25, 0.3) is 0 Å². The molecule has 1 saturated heterocycles. The summed E-state index contributed by atoms with van der Waals surface area (Å²) in [7, 11) is -3.59. The predicted octanol–water partition coefficient (Wildman–Crippen LogP) is 12.6. The van der Waals surface area contributed by atoms with Crippen LogP contribution in [0.2, 0.25) is 20.1 Å². The summed E-state index contributed by atoms with van der Waals surface area (Å²) < 4.78 is 29.0. The molecule has 0 spiro atoms. The Hall–Kier alpha value is -3.27. The molecule has 3 atom stereocenters. The van der Waals surface area contributed by atoms with Crippen molar-refractivity contribution in [3.05, 3.63) is 164 Å². The fourth-order valence-electron chi connectivity index (χ4n) is 6.59. The molecule has 1 heterocycles. The van der Waals surface area contributed by atoms with E-state index in [0.717, 1.165) is 45.7 Å². The number of nitrogen functional groups attached to an aromatic ring is 1. The van der Waals surface area contributed by atoms with Gasteiger partial charge in [-0.05, 0) is 122 Å². The molecule has 1 fully saturated rings. The standard InChI is InChI=1S/C20H26ClNO3S.C18H19Cl2N.C6H6ClN/c1-16(2)13-22(14-17-7-5-4-6-8-17)15-20(25-26(3,23)24)18-9-11-19(21)12-10-18;1-13-3-2-4-18(14-5-7-15(19)8-6-14)21(13)17-11-9-16(20)10-12-17;7-5-1-3-6(8)4-2-5/h4-12,16,20H,13-15H2,1-3H3;5-13,18H,2-4H2,1H3;1-4H,8H2/t;13-,18-;/m.0./s1. The first kappa shape index (κ1) is 44.4. The molecule has 0 aliphatic carbocycles. The number of nitrogens with two attached hydrogens (primary N) is 1. The lowest BCUT2D eigenvalue weighted by Gasteiger charge is -2.43. The summed E-state index contributed by atoms with van der Waals surface area (Å²) in [5.41, 5.74) is 10.7. The lowest BCUT2D eigenvalue weighted by Crippen LogP contribution is -2.40. The number of halogens is 4. The van der Waals surface area contributed by atoms with Crippen molar-refractivity contribution in [2.75, 3.05) is 30.0 Å². The molecule has 294 valence electrons. The first-order valence-electron chi connectivity index (χ1n) is 18.4. The Bertz CT molecular complexity index is 1940. The van der Waals surface area contributed by atoms with Gasteiger partial charge in [-0.15, -0.1) is 0 Å². The highest BCUT2D eigenvalue weighted by Gasteiger charge is 2.29. The Morgan fingerprint density at radius 1 is 0.727 bits per heavy atom. The lowest BCUT2D eigenvalue weighted by molar-refractivity contribution is 0.126. The van der Waals surface area contributed by atoms with Crippen molar-refractivity contribution in [1.29, 1.82) is 0 Å². The molecule has 1 unspecified atom stereocenters. The highest BCUT2D eigenvalue weighted by molar-refractivity contribution is 7.86. The molecule has 6 nitrogen and oxygen atoms in total. The van der Waals surface area contributed by atoms with Crippen molar-refractivity contribution in [1.82, 2.24) is 4.90 Å². The third-order valence-corrected chi connectivity index (χ3v) is 10.6. The zero-order valence-corrected chi connectivity index (χ0v) is 35.6. The normalized spacial score (nSPS) is 16.1. The second kappa shape index (κ2) is 21.9. The van der Waals surface area contributed by atoms with E-state index in [0.29, 0.717) is 29.6 Å². The quantitative estimate of drug-likeness (QED) is 0.105. The van der Waals surface area contributed by atoms with Gasteiger partial charge in [-0.3, -0.25) is 9.08 Å². The summed E-state index contributed by atoms with van der Waals surface area (Å²) in [5.74, 6) is 0.447. The van der Waals surface area contributed by atoms with E-state index in [1.165, 1.54) is 36.1 Å². The zero-order chi connectivity index (χ0) is 40.0. The second-order valence-electron chi connectivity index (χ2n) is 14.2. The molecule has 0 bridgehead atoms. The van der Waals surface area contributed by atoms with Crippen molar-refractivity contribution in [2.45, 2.75) is 64.8 Å². The van der Waals surface area contributed by atoms with Gasteiger partial charge in [0.2, 0.25) is 0 Å². The molecule has 0 saturated carbocycles. The van der Waals surface area contributed by atoms with Crippen LogP contribution < -0.4 is 10.6 Å². The fourth-order valence-corrected chi connectivity index (χ4v) is 7.69. The van der Waals surface area contributed by atoms with E-state index in [9.17, 15) is 8.42 Å². The van der Waals surface area contributed by atoms with Gasteiger partial charge >= 0.3 is 0 Å². The van der Waals surface area contributed by atoms with Crippen molar-refractivity contribution in [3.63, 3.8) is 0 Å². The number of anilines is 2. The molecule has 0 amide bonds. The Labute approximate surface area is 348 Å². The SMILES string of the molecule is CC(C)CN(Cc1ccccc1)CC(OS(C)(=O)=O)c1ccc(Cl)cc1.C[C@H]1CCC[C@@H](c2ccc(Cl)cc2)N1c1ccc(Cl)cc1.Nc1ccc(Cl)cc1. The minimum atomic E-state index is -3.59. The Balaban J connectivity index is 0.000000206. The first-order valence-corrected chi connectivity index (χ1v) is 21.7. The Morgan fingerprint density at radius 3 is 1.75 bits per heavy atom. The summed E-state index contributed by atoms with van der Waals surface area (Å²) in [6.45, 7) is 8.64. The zero-order valence-electron chi connectivity index (χ0n) is 31.8. The average molecular weight is 844 g/mol. The van der Waals surface area contributed by atoms with Crippen LogP contribution in [0.5, 0.6) is 0 Å². The molecule has 6 rings (SSSR count). The smallest absolute Gasteiger partial charge is 0.265 e. The number of nitrogens with zero attached hydrogens (tertiary/aromatic N) is 2. The third kappa shape index (κ3) is 15.7. The van der Waals surface area contributed by atoms with E-state index in [1.54, 1.807) is 36.4 Å². The molecule has 0 radical (unpaired) electrons. The van der Waals surface area contributed by atoms with Gasteiger partial charge in [0.05, 0.1) is 12.3 Å². The minimum Gasteiger partial charge on any atom is -0.399 e. The maximum absolute atomic E-state index is 11.8. The van der Waals surface area contributed by atoms with E-state index in [2.05, 4.69) is 67.0 Å². The number of hydrogen-bond acceptors (Lipinski definition) is 6. The van der Waals surface area contributed by atoms with E-state index < -0.39 is 16.2 Å². The number of rotatable bonds is 11. The van der Waals surface area contributed by atoms with Crippen molar-refractivity contribution < 1.29 is 12.6 Å². The van der Waals surface area contributed by atoms with E-state index in [-0.39, 0.29) is 0 Å². The summed E-state index contributed by atoms with van der Waals surface area (Å²) in [4.78, 5) is 4.74. The summed E-state index contributed by atoms with van der Waals surface area (Å²) >= 11 is 23.6. The average Bonchev–Trinajstić information content (AvgIpc) is 3.14. The van der Waals surface area contributed by atoms with Gasteiger partial charge in [-0.2, -0.15) is 8.42 Å². The van der Waals surface area contributed by atoms with Crippen LogP contribution in [0.4, 0.5) is 11.4 Å². The minimum absolute atomic E-state index is 0.409. The molecule has 55 heavy (non-hydrogen) atoms. The summed E-state index contributed by atoms with van der Waals surface area (Å²) in [6, 6.07) is 41.7. The monoisotopic (exact) mass is 841 g/mol. The molecule has 11 heteroatoms. The first-order chi connectivity index (χ1) is 26.2. The summed E-state index contributed by atoms with van der Waals surface area (Å²) in [5, 5.41) is 2.90. The van der Waals surface area contributed by atoms with Crippen LogP contribution in [0.15, 0.2) is 127 Å². The van der Waals surface area contributed by atoms with Crippen molar-refractivity contribution in [2.24, 2.45) is 5.92 Å². The van der Waals surface area contributed by atoms with Gasteiger partial charge in [0.15, 0.2) is 0 Å². The van der Waals surface area contributed by atoms with Crippen molar-refractivity contribution in [3.8, 4) is 0 Å². The van der Waals surface area contributed by atoms with Gasteiger partial charge in [0.1, 0.15) is 6.10 Å². The second-order valence-corrected chi connectivity index (χ2v) is 17.5. The van der Waals surface area contributed by atoms with Gasteiger partial charge < -0.3 is 10.6 Å². The topological polar surface area (TPSA) is 75.9 Å². The van der Waals surface area contributed by atoms with Gasteiger partial charge in [-0.1, -0.05) is 115 Å². The molecule has 1 aliphatic heterocycles. The maximum atomic E-state index is 11.8. The van der Waals surface area contributed by atoms with Gasteiger partial charge in [0, 0.05) is 57.1 Å². The molecular weight excluding hydrogens is 792 g/mol. The Morgan fingerprint density at radius 2 is 1.24 bits per heavy atom. The van der Waals surface area contributed by atoms with E-state index in [4.69, 9.17) is 56.3 Å². The van der Waals surface area contributed by atoms with Gasteiger partial charge in [-0.25, -0.2) is 0 Å². The molecule has 0 aromatic heterocycles. The predicted molar refractivity (Wildman–Crippen MR) is 234 cm³/mol. The molecular formula is C44H51Cl4N3O3S. The molecule has 5 aromatic carbocycles. The van der Waals surface area contributed by atoms with Crippen LogP contribution in [-0.2, 0) is 20.8 Å². The Kier molecular flexibility index (Phi) is 17.7. The molecule has 5 aromatic rings. The third-order valence-electron chi connectivity index (χ3n) is 8.99. The highest BCUT2D eigenvalue weighted by Crippen LogP contribution is 2.39. The molecule has 1 aliphatic rings. The highest BCUT2D eigenvalue weighted by atomic mass is 35.5. The number of hydrogen-bond donors (Lipinski definition) is 1. The van der Waals surface area contributed by atoms with Crippen LogP contribution in [0.1, 0.15) is 68.9 Å². The van der Waals surface area contributed by atoms with E-state index in [1.807, 2.05) is 54.6 Å². The van der Waals surface area contributed by atoms with Crippen LogP contribution >= 0.6 is 46.4 Å². The van der Waals surface area contributed by atoms with Crippen LogP contribution in [0.3, 0.4) is 0 Å². The largest absolute Gasteiger partial charge is 0.399 e. The number of piperidine rings is 1. The van der Waals surface area contributed by atoms with Crippen LogP contribution in [0, 0.1) is 5.92 Å².